The van der Waals surface area contributed by atoms with Gasteiger partial charge in [0.2, 0.25) is 10.0 Å². The fraction of sp³-hybridized carbons (Fsp3) is 0.538. The predicted molar refractivity (Wildman–Crippen MR) is 71.7 cm³/mol. The monoisotopic (exact) mass is 268 g/mol. The molecule has 18 heavy (non-hydrogen) atoms. The number of aryl methyl sites for hydroxylation is 1. The Morgan fingerprint density at radius 1 is 1.39 bits per heavy atom. The van der Waals surface area contributed by atoms with Crippen LogP contribution in [0.25, 0.3) is 0 Å². The van der Waals surface area contributed by atoms with E-state index in [-0.39, 0.29) is 5.54 Å². The molecule has 2 rings (SSSR count). The Kier molecular flexibility index (Phi) is 3.49. The van der Waals surface area contributed by atoms with Crippen LogP contribution in [0.1, 0.15) is 37.8 Å². The maximum absolute atomic E-state index is 12.4. The summed E-state index contributed by atoms with van der Waals surface area (Å²) >= 11 is 0. The minimum atomic E-state index is -3.44. The maximum Gasteiger partial charge on any atom is 0.241 e. The van der Waals surface area contributed by atoms with Crippen molar-refractivity contribution < 1.29 is 8.42 Å². The van der Waals surface area contributed by atoms with Crippen molar-refractivity contribution in [3.8, 4) is 0 Å². The zero-order valence-electron chi connectivity index (χ0n) is 10.9. The number of rotatable bonds is 5. The third-order valence-electron chi connectivity index (χ3n) is 3.42. The Bertz CT molecular complexity index is 548. The average Bonchev–Trinajstić information content (AvgIpc) is 3.04. The zero-order valence-corrected chi connectivity index (χ0v) is 11.7. The van der Waals surface area contributed by atoms with Gasteiger partial charge in [-0.15, -0.1) is 0 Å². The molecule has 3 N–H and O–H groups in total. The predicted octanol–water partition coefficient (Wildman–Crippen LogP) is 1.54. The SMILES string of the molecule is CCc1ccc(CN)cc1S(=O)(=O)NC1(C)CC1. The largest absolute Gasteiger partial charge is 0.326 e. The summed E-state index contributed by atoms with van der Waals surface area (Å²) in [6.45, 7) is 4.24. The molecule has 5 heteroatoms. The van der Waals surface area contributed by atoms with Crippen molar-refractivity contribution in [2.75, 3.05) is 0 Å². The molecule has 0 unspecified atom stereocenters. The van der Waals surface area contributed by atoms with Crippen LogP contribution in [-0.2, 0) is 23.0 Å². The Hall–Kier alpha value is -0.910. The van der Waals surface area contributed by atoms with Gasteiger partial charge < -0.3 is 5.73 Å². The van der Waals surface area contributed by atoms with E-state index < -0.39 is 10.0 Å². The van der Waals surface area contributed by atoms with Crippen LogP contribution in [0.2, 0.25) is 0 Å². The van der Waals surface area contributed by atoms with Crippen molar-refractivity contribution in [2.24, 2.45) is 5.73 Å². The normalized spacial score (nSPS) is 17.7. The van der Waals surface area contributed by atoms with Crippen LogP contribution in [0.5, 0.6) is 0 Å². The van der Waals surface area contributed by atoms with E-state index >= 15 is 0 Å². The van der Waals surface area contributed by atoms with Gasteiger partial charge in [-0.1, -0.05) is 19.1 Å². The van der Waals surface area contributed by atoms with E-state index in [0.717, 1.165) is 24.0 Å². The molecule has 0 spiro atoms. The van der Waals surface area contributed by atoms with Gasteiger partial charge in [-0.2, -0.15) is 0 Å². The van der Waals surface area contributed by atoms with E-state index in [9.17, 15) is 8.42 Å². The molecule has 1 aromatic carbocycles. The maximum atomic E-state index is 12.4. The molecule has 0 saturated heterocycles. The average molecular weight is 268 g/mol. The minimum Gasteiger partial charge on any atom is -0.326 e. The molecule has 0 aromatic heterocycles. The number of hydrogen-bond donors (Lipinski definition) is 2. The van der Waals surface area contributed by atoms with E-state index in [1.807, 2.05) is 26.0 Å². The fourth-order valence-electron chi connectivity index (χ4n) is 1.94. The summed E-state index contributed by atoms with van der Waals surface area (Å²) in [5.41, 5.74) is 7.01. The van der Waals surface area contributed by atoms with E-state index in [4.69, 9.17) is 5.73 Å². The van der Waals surface area contributed by atoms with Gasteiger partial charge in [-0.05, 0) is 43.4 Å². The van der Waals surface area contributed by atoms with E-state index in [0.29, 0.717) is 17.9 Å². The highest BCUT2D eigenvalue weighted by atomic mass is 32.2. The smallest absolute Gasteiger partial charge is 0.241 e. The fourth-order valence-corrected chi connectivity index (χ4v) is 3.76. The van der Waals surface area contributed by atoms with Crippen LogP contribution < -0.4 is 10.5 Å². The van der Waals surface area contributed by atoms with Crippen molar-refractivity contribution in [3.05, 3.63) is 29.3 Å². The first-order chi connectivity index (χ1) is 8.40. The number of sulfonamides is 1. The number of hydrogen-bond acceptors (Lipinski definition) is 3. The van der Waals surface area contributed by atoms with Gasteiger partial charge in [0.15, 0.2) is 0 Å². The second-order valence-electron chi connectivity index (χ2n) is 5.17. The molecule has 0 amide bonds. The summed E-state index contributed by atoms with van der Waals surface area (Å²) in [4.78, 5) is 0.376. The molecule has 1 saturated carbocycles. The third kappa shape index (κ3) is 2.74. The standard InChI is InChI=1S/C13H20N2O2S/c1-3-11-5-4-10(9-14)8-12(11)18(16,17)15-13(2)6-7-13/h4-5,8,15H,3,6-7,9,14H2,1-2H3. The van der Waals surface area contributed by atoms with Crippen LogP contribution >= 0.6 is 0 Å². The number of nitrogens with two attached hydrogens (primary N) is 1. The van der Waals surface area contributed by atoms with E-state index in [2.05, 4.69) is 4.72 Å². The lowest BCUT2D eigenvalue weighted by molar-refractivity contribution is 0.557. The Labute approximate surface area is 109 Å². The van der Waals surface area contributed by atoms with E-state index in [1.54, 1.807) is 6.07 Å². The van der Waals surface area contributed by atoms with Gasteiger partial charge in [0.05, 0.1) is 4.90 Å². The summed E-state index contributed by atoms with van der Waals surface area (Å²) < 4.78 is 27.5. The van der Waals surface area contributed by atoms with Crippen LogP contribution in [0.4, 0.5) is 0 Å². The Morgan fingerprint density at radius 2 is 2.06 bits per heavy atom. The van der Waals surface area contributed by atoms with Crippen LogP contribution in [0.15, 0.2) is 23.1 Å². The van der Waals surface area contributed by atoms with Crippen molar-refractivity contribution in [2.45, 2.75) is 50.1 Å². The molecule has 0 aliphatic heterocycles. The molecular weight excluding hydrogens is 248 g/mol. The summed E-state index contributed by atoms with van der Waals surface area (Å²) in [6.07, 6.45) is 2.51. The first-order valence-electron chi connectivity index (χ1n) is 6.26. The highest BCUT2D eigenvalue weighted by molar-refractivity contribution is 7.89. The van der Waals surface area contributed by atoms with Gasteiger partial charge in [0, 0.05) is 12.1 Å². The summed E-state index contributed by atoms with van der Waals surface area (Å²) in [5.74, 6) is 0. The summed E-state index contributed by atoms with van der Waals surface area (Å²) in [6, 6.07) is 5.43. The van der Waals surface area contributed by atoms with Gasteiger partial charge in [-0.25, -0.2) is 13.1 Å². The molecule has 0 radical (unpaired) electrons. The molecule has 0 atom stereocenters. The molecule has 1 fully saturated rings. The molecule has 4 nitrogen and oxygen atoms in total. The third-order valence-corrected chi connectivity index (χ3v) is 5.14. The first-order valence-corrected chi connectivity index (χ1v) is 7.74. The topological polar surface area (TPSA) is 72.2 Å². The lowest BCUT2D eigenvalue weighted by Crippen LogP contribution is -2.34. The first kappa shape index (κ1) is 13.5. The zero-order chi connectivity index (χ0) is 13.4. The van der Waals surface area contributed by atoms with Gasteiger partial charge in [0.25, 0.3) is 0 Å². The van der Waals surface area contributed by atoms with Gasteiger partial charge in [0.1, 0.15) is 0 Å². The second-order valence-corrected chi connectivity index (χ2v) is 6.82. The number of nitrogens with one attached hydrogen (secondary N) is 1. The van der Waals surface area contributed by atoms with Crippen molar-refractivity contribution in [3.63, 3.8) is 0 Å². The summed E-state index contributed by atoms with van der Waals surface area (Å²) in [7, 11) is -3.44. The number of benzene rings is 1. The molecule has 1 aliphatic carbocycles. The van der Waals surface area contributed by atoms with Crippen LogP contribution in [-0.4, -0.2) is 14.0 Å². The summed E-state index contributed by atoms with van der Waals surface area (Å²) in [5, 5.41) is 0. The van der Waals surface area contributed by atoms with Crippen molar-refractivity contribution in [1.82, 2.24) is 4.72 Å². The molecular formula is C13H20N2O2S. The quantitative estimate of drug-likeness (QED) is 0.851. The second kappa shape index (κ2) is 4.64. The minimum absolute atomic E-state index is 0.247. The van der Waals surface area contributed by atoms with Crippen LogP contribution in [0, 0.1) is 0 Å². The van der Waals surface area contributed by atoms with Crippen LogP contribution in [0.3, 0.4) is 0 Å². The molecule has 0 bridgehead atoms. The molecule has 1 aliphatic rings. The van der Waals surface area contributed by atoms with E-state index in [1.165, 1.54) is 0 Å². The highest BCUT2D eigenvalue weighted by Crippen LogP contribution is 2.36. The molecule has 100 valence electrons. The van der Waals surface area contributed by atoms with Gasteiger partial charge >= 0.3 is 0 Å². The molecule has 0 heterocycles. The lowest BCUT2D eigenvalue weighted by atomic mass is 10.1. The highest BCUT2D eigenvalue weighted by Gasteiger charge is 2.41. The lowest BCUT2D eigenvalue weighted by Gasteiger charge is -2.15. The molecule has 1 aromatic rings. The van der Waals surface area contributed by atoms with Crippen molar-refractivity contribution >= 4 is 10.0 Å². The Morgan fingerprint density at radius 3 is 2.56 bits per heavy atom. The van der Waals surface area contributed by atoms with Crippen molar-refractivity contribution in [1.29, 1.82) is 0 Å². The van der Waals surface area contributed by atoms with Gasteiger partial charge in [-0.3, -0.25) is 0 Å². The Balaban J connectivity index is 2.41.